The summed E-state index contributed by atoms with van der Waals surface area (Å²) in [5.74, 6) is -3.63. The van der Waals surface area contributed by atoms with Gasteiger partial charge in [-0.25, -0.2) is 14.3 Å². The Morgan fingerprint density at radius 3 is 2.26 bits per heavy atom. The third-order valence-corrected chi connectivity index (χ3v) is 6.11. The van der Waals surface area contributed by atoms with Crippen LogP contribution in [0.2, 0.25) is 0 Å². The average molecular weight is 537 g/mol. The van der Waals surface area contributed by atoms with Crippen LogP contribution in [0.15, 0.2) is 83.6 Å². The van der Waals surface area contributed by atoms with Crippen molar-refractivity contribution >= 4 is 17.6 Å². The summed E-state index contributed by atoms with van der Waals surface area (Å²) in [6.07, 6.45) is -1.73. The lowest BCUT2D eigenvalue weighted by atomic mass is 9.81. The van der Waals surface area contributed by atoms with Crippen LogP contribution in [0.1, 0.15) is 22.6 Å². The number of anilines is 1. The maximum Gasteiger partial charge on any atom is 0.416 e. The van der Waals surface area contributed by atoms with Crippen LogP contribution in [0.4, 0.5) is 18.9 Å². The highest BCUT2D eigenvalue weighted by Gasteiger charge is 2.44. The first kappa shape index (κ1) is 27.0. The topological polar surface area (TPSA) is 123 Å². The zero-order valence-electron chi connectivity index (χ0n) is 21.0. The van der Waals surface area contributed by atoms with Gasteiger partial charge in [-0.2, -0.15) is 23.5 Å². The fraction of sp³-hybridized carbons (Fsp3) is 0.185. The number of allylic oxidation sites excluding steroid dienone is 1. The number of hydrogen-bond acceptors (Lipinski definition) is 8. The lowest BCUT2D eigenvalue weighted by Crippen LogP contribution is -2.41. The summed E-state index contributed by atoms with van der Waals surface area (Å²) in [6, 6.07) is 13.0. The molecule has 2 N–H and O–H groups in total. The molecule has 39 heavy (non-hydrogen) atoms. The molecule has 1 aliphatic heterocycles. The standard InChI is InChI=1S/C27H22F3N5O4/c1-15-13-33-34(14-15)19-10-9-17(27(28,29)30)11-20(19)35-23(26(37)39-3)22(25(36)38-2)21(18(12-31)24(35)32)16-7-5-4-6-8-16/h4-11,13-14,21H,32H2,1-3H3. The minimum absolute atomic E-state index is 0.0834. The molecule has 12 heteroatoms. The van der Waals surface area contributed by atoms with E-state index in [-0.39, 0.29) is 28.3 Å². The first-order valence-corrected chi connectivity index (χ1v) is 11.4. The SMILES string of the molecule is COC(=O)C1=C(C(=O)OC)N(c2cc(C(F)(F)F)ccc2-n2cc(C)cn2)C(N)=C(C#N)C1c1ccccc1. The van der Waals surface area contributed by atoms with Crippen molar-refractivity contribution in [2.24, 2.45) is 5.73 Å². The molecule has 9 nitrogen and oxygen atoms in total. The van der Waals surface area contributed by atoms with Crippen LogP contribution in [0.5, 0.6) is 0 Å². The van der Waals surface area contributed by atoms with Crippen molar-refractivity contribution in [3.8, 4) is 11.8 Å². The second-order valence-corrected chi connectivity index (χ2v) is 8.50. The number of benzene rings is 2. The minimum atomic E-state index is -4.77. The van der Waals surface area contributed by atoms with Crippen LogP contribution < -0.4 is 10.6 Å². The van der Waals surface area contributed by atoms with Crippen molar-refractivity contribution in [3.63, 3.8) is 0 Å². The summed E-state index contributed by atoms with van der Waals surface area (Å²) < 4.78 is 52.8. The summed E-state index contributed by atoms with van der Waals surface area (Å²) in [5.41, 5.74) is 5.32. The lowest BCUT2D eigenvalue weighted by molar-refractivity contribution is -0.139. The number of halogens is 3. The van der Waals surface area contributed by atoms with E-state index in [2.05, 4.69) is 5.10 Å². The fourth-order valence-electron chi connectivity index (χ4n) is 4.38. The number of carbonyl (C=O) groups is 2. The normalized spacial score (nSPS) is 15.7. The predicted octanol–water partition coefficient (Wildman–Crippen LogP) is 4.10. The van der Waals surface area contributed by atoms with Gasteiger partial charge in [0.1, 0.15) is 11.5 Å². The van der Waals surface area contributed by atoms with E-state index in [1.54, 1.807) is 43.5 Å². The van der Waals surface area contributed by atoms with E-state index in [1.165, 1.54) is 10.9 Å². The van der Waals surface area contributed by atoms with E-state index < -0.39 is 35.3 Å². The number of hydrogen-bond donors (Lipinski definition) is 1. The predicted molar refractivity (Wildman–Crippen MR) is 133 cm³/mol. The Hall–Kier alpha value is -5.05. The number of nitriles is 1. The highest BCUT2D eigenvalue weighted by Crippen LogP contribution is 2.45. The summed E-state index contributed by atoms with van der Waals surface area (Å²) in [5, 5.41) is 14.4. The number of rotatable bonds is 5. The first-order chi connectivity index (χ1) is 18.5. The molecule has 0 amide bonds. The number of alkyl halides is 3. The molecule has 1 atom stereocenters. The highest BCUT2D eigenvalue weighted by atomic mass is 19.4. The van der Waals surface area contributed by atoms with E-state index in [0.29, 0.717) is 11.1 Å². The second kappa shape index (κ2) is 10.4. The second-order valence-electron chi connectivity index (χ2n) is 8.50. The Labute approximate surface area is 221 Å². The fourth-order valence-corrected chi connectivity index (χ4v) is 4.38. The highest BCUT2D eigenvalue weighted by molar-refractivity contribution is 6.06. The summed E-state index contributed by atoms with van der Waals surface area (Å²) in [6.45, 7) is 1.73. The molecule has 1 aromatic heterocycles. The number of carbonyl (C=O) groups excluding carboxylic acids is 2. The van der Waals surface area contributed by atoms with E-state index in [0.717, 1.165) is 37.3 Å². The Morgan fingerprint density at radius 2 is 1.72 bits per heavy atom. The molecule has 0 radical (unpaired) electrons. The molecule has 0 spiro atoms. The van der Waals surface area contributed by atoms with E-state index in [9.17, 15) is 28.0 Å². The summed E-state index contributed by atoms with van der Waals surface area (Å²) >= 11 is 0. The molecule has 0 fully saturated rings. The van der Waals surface area contributed by atoms with Crippen molar-refractivity contribution in [1.29, 1.82) is 5.26 Å². The van der Waals surface area contributed by atoms with Gasteiger partial charge in [-0.3, -0.25) is 4.90 Å². The quantitative estimate of drug-likeness (QED) is 0.483. The van der Waals surface area contributed by atoms with Crippen LogP contribution in [0.3, 0.4) is 0 Å². The zero-order valence-corrected chi connectivity index (χ0v) is 21.0. The van der Waals surface area contributed by atoms with Crippen molar-refractivity contribution in [2.45, 2.75) is 19.0 Å². The average Bonchev–Trinajstić information content (AvgIpc) is 3.37. The van der Waals surface area contributed by atoms with Gasteiger partial charge >= 0.3 is 18.1 Å². The molecular weight excluding hydrogens is 515 g/mol. The van der Waals surface area contributed by atoms with Gasteiger partial charge in [0.25, 0.3) is 0 Å². The monoisotopic (exact) mass is 537 g/mol. The number of aryl methyl sites for hydroxylation is 1. The first-order valence-electron chi connectivity index (χ1n) is 11.4. The molecule has 0 bridgehead atoms. The van der Waals surface area contributed by atoms with Gasteiger partial charge in [-0.15, -0.1) is 0 Å². The molecule has 2 heterocycles. The maximum absolute atomic E-state index is 13.9. The van der Waals surface area contributed by atoms with Crippen molar-refractivity contribution in [2.75, 3.05) is 19.1 Å². The molecule has 1 unspecified atom stereocenters. The number of aromatic nitrogens is 2. The van der Waals surface area contributed by atoms with Crippen molar-refractivity contribution in [1.82, 2.24) is 9.78 Å². The number of esters is 2. The van der Waals surface area contributed by atoms with E-state index in [1.807, 2.05) is 6.07 Å². The number of ether oxygens (including phenoxy) is 2. The Morgan fingerprint density at radius 1 is 1.05 bits per heavy atom. The molecule has 0 saturated heterocycles. The number of methoxy groups -OCH3 is 2. The van der Waals surface area contributed by atoms with Crippen molar-refractivity contribution in [3.05, 3.63) is 100 Å². The third-order valence-electron chi connectivity index (χ3n) is 6.11. The van der Waals surface area contributed by atoms with Gasteiger partial charge in [-0.1, -0.05) is 30.3 Å². The zero-order chi connectivity index (χ0) is 28.5. The third kappa shape index (κ3) is 4.82. The van der Waals surface area contributed by atoms with Gasteiger partial charge < -0.3 is 15.2 Å². The largest absolute Gasteiger partial charge is 0.466 e. The molecule has 2 aromatic carbocycles. The molecule has 3 aromatic rings. The van der Waals surface area contributed by atoms with Gasteiger partial charge in [0, 0.05) is 6.20 Å². The van der Waals surface area contributed by atoms with Crippen LogP contribution in [0, 0.1) is 18.3 Å². The van der Waals surface area contributed by atoms with Gasteiger partial charge in [0.05, 0.1) is 60.5 Å². The van der Waals surface area contributed by atoms with E-state index >= 15 is 0 Å². The van der Waals surface area contributed by atoms with Crippen LogP contribution in [-0.2, 0) is 25.2 Å². The molecule has 4 rings (SSSR count). The molecular formula is C27H22F3N5O4. The molecule has 200 valence electrons. The molecule has 0 aliphatic carbocycles. The van der Waals surface area contributed by atoms with Crippen molar-refractivity contribution < 1.29 is 32.2 Å². The minimum Gasteiger partial charge on any atom is -0.466 e. The lowest BCUT2D eigenvalue weighted by Gasteiger charge is -2.36. The van der Waals surface area contributed by atoms with Crippen LogP contribution in [0.25, 0.3) is 5.69 Å². The maximum atomic E-state index is 13.9. The molecule has 1 aliphatic rings. The van der Waals surface area contributed by atoms with Gasteiger partial charge in [0.2, 0.25) is 0 Å². The number of nitrogens with two attached hydrogens (primary N) is 1. The van der Waals surface area contributed by atoms with E-state index in [4.69, 9.17) is 15.2 Å². The van der Waals surface area contributed by atoms with Gasteiger partial charge in [-0.05, 0) is 36.2 Å². The Balaban J connectivity index is 2.15. The van der Waals surface area contributed by atoms with Crippen LogP contribution >= 0.6 is 0 Å². The van der Waals surface area contributed by atoms with Gasteiger partial charge in [0.15, 0.2) is 0 Å². The Bertz CT molecular complexity index is 1550. The smallest absolute Gasteiger partial charge is 0.416 e. The summed E-state index contributed by atoms with van der Waals surface area (Å²) in [7, 11) is 2.12. The number of nitrogens with zero attached hydrogens (tertiary/aromatic N) is 4. The Kier molecular flexibility index (Phi) is 7.18. The van der Waals surface area contributed by atoms with Crippen LogP contribution in [-0.4, -0.2) is 35.9 Å². The molecule has 0 saturated carbocycles. The summed E-state index contributed by atoms with van der Waals surface area (Å²) in [4.78, 5) is 27.4.